The number of ether oxygens (including phenoxy) is 1. The zero-order valence-corrected chi connectivity index (χ0v) is 10.0. The van der Waals surface area contributed by atoms with Crippen molar-refractivity contribution in [3.05, 3.63) is 6.42 Å². The van der Waals surface area contributed by atoms with E-state index in [1.54, 1.807) is 0 Å². The van der Waals surface area contributed by atoms with Crippen LogP contribution in [-0.4, -0.2) is 36.7 Å². The van der Waals surface area contributed by atoms with Crippen LogP contribution in [0, 0.1) is 24.2 Å². The summed E-state index contributed by atoms with van der Waals surface area (Å²) < 4.78 is 5.51. The lowest BCUT2D eigenvalue weighted by Crippen LogP contribution is -2.62. The van der Waals surface area contributed by atoms with Gasteiger partial charge in [0.05, 0.1) is 13.2 Å². The lowest BCUT2D eigenvalue weighted by atomic mass is 9.52. The molecule has 0 aromatic heterocycles. The lowest BCUT2D eigenvalue weighted by molar-refractivity contribution is -0.0990. The van der Waals surface area contributed by atoms with Gasteiger partial charge in [0.2, 0.25) is 0 Å². The van der Waals surface area contributed by atoms with Gasteiger partial charge < -0.3 is 4.74 Å². The van der Waals surface area contributed by atoms with Gasteiger partial charge in [-0.05, 0) is 56.3 Å². The molecule has 5 fully saturated rings. The van der Waals surface area contributed by atoms with Crippen molar-refractivity contribution in [2.24, 2.45) is 17.8 Å². The van der Waals surface area contributed by atoms with Crippen LogP contribution >= 0.6 is 0 Å². The van der Waals surface area contributed by atoms with Crippen LogP contribution in [0.5, 0.6) is 0 Å². The quantitative estimate of drug-likeness (QED) is 0.671. The minimum Gasteiger partial charge on any atom is -0.379 e. The molecule has 4 atom stereocenters. The van der Waals surface area contributed by atoms with Gasteiger partial charge >= 0.3 is 0 Å². The summed E-state index contributed by atoms with van der Waals surface area (Å²) in [4.78, 5) is 2.79. The maximum atomic E-state index is 5.51. The average Bonchev–Trinajstić information content (AvgIpc) is 2.28. The Labute approximate surface area is 98.3 Å². The summed E-state index contributed by atoms with van der Waals surface area (Å²) in [5.41, 5.74) is 0.592. The van der Waals surface area contributed by atoms with Crippen molar-refractivity contribution < 1.29 is 4.74 Å². The molecule has 89 valence electrons. The number of nitrogens with zero attached hydrogens (tertiary/aromatic N) is 1. The Morgan fingerprint density at radius 1 is 1.00 bits per heavy atom. The minimum atomic E-state index is 0.592. The Morgan fingerprint density at radius 2 is 1.69 bits per heavy atom. The molecule has 2 heteroatoms. The summed E-state index contributed by atoms with van der Waals surface area (Å²) in [5.74, 6) is 2.95. The van der Waals surface area contributed by atoms with E-state index in [1.807, 2.05) is 0 Å². The lowest BCUT2D eigenvalue weighted by Gasteiger charge is -2.61. The molecule has 0 N–H and O–H groups in total. The van der Waals surface area contributed by atoms with E-state index in [0.29, 0.717) is 5.54 Å². The van der Waals surface area contributed by atoms with E-state index >= 15 is 0 Å². The van der Waals surface area contributed by atoms with E-state index in [4.69, 9.17) is 4.74 Å². The molecule has 1 heterocycles. The summed E-state index contributed by atoms with van der Waals surface area (Å²) >= 11 is 0. The van der Waals surface area contributed by atoms with Crippen LogP contribution < -0.4 is 0 Å². The van der Waals surface area contributed by atoms with Crippen molar-refractivity contribution in [2.75, 3.05) is 26.3 Å². The first-order chi connectivity index (χ1) is 7.84. The van der Waals surface area contributed by atoms with Crippen LogP contribution in [0.25, 0.3) is 0 Å². The van der Waals surface area contributed by atoms with E-state index in [1.165, 1.54) is 45.2 Å². The SMILES string of the molecule is [CH]1[C@@H]2CC3C[C@H]1CC(N1CCOCC1)(C3)C2. The molecular formula is C14H22NO. The zero-order chi connectivity index (χ0) is 10.6. The van der Waals surface area contributed by atoms with E-state index in [2.05, 4.69) is 11.3 Å². The Morgan fingerprint density at radius 3 is 2.31 bits per heavy atom. The molecule has 0 aromatic carbocycles. The highest BCUT2D eigenvalue weighted by molar-refractivity contribution is 5.13. The molecule has 5 aliphatic rings. The van der Waals surface area contributed by atoms with Crippen molar-refractivity contribution in [3.8, 4) is 0 Å². The topological polar surface area (TPSA) is 12.5 Å². The largest absolute Gasteiger partial charge is 0.379 e. The fourth-order valence-corrected chi connectivity index (χ4v) is 5.15. The summed E-state index contributed by atoms with van der Waals surface area (Å²) in [6.07, 6.45) is 10.1. The van der Waals surface area contributed by atoms with Gasteiger partial charge in [-0.3, -0.25) is 4.90 Å². The van der Waals surface area contributed by atoms with E-state index in [9.17, 15) is 0 Å². The predicted molar refractivity (Wildman–Crippen MR) is 63.0 cm³/mol. The highest BCUT2D eigenvalue weighted by Crippen LogP contribution is 2.57. The first-order valence-electron chi connectivity index (χ1n) is 7.02. The predicted octanol–water partition coefficient (Wildman–Crippen LogP) is 2.10. The molecule has 4 saturated carbocycles. The zero-order valence-electron chi connectivity index (χ0n) is 10.0. The number of hydrogen-bond donors (Lipinski definition) is 0. The molecule has 0 aromatic rings. The van der Waals surface area contributed by atoms with Gasteiger partial charge in [0.1, 0.15) is 0 Å². The molecule has 5 rings (SSSR count). The Bertz CT molecular complexity index is 247. The Hall–Kier alpha value is -0.0800. The highest BCUT2D eigenvalue weighted by Gasteiger charge is 2.53. The molecule has 1 radical (unpaired) electrons. The van der Waals surface area contributed by atoms with Gasteiger partial charge in [-0.15, -0.1) is 0 Å². The molecule has 2 unspecified atom stereocenters. The fraction of sp³-hybridized carbons (Fsp3) is 0.929. The van der Waals surface area contributed by atoms with Crippen LogP contribution in [0.4, 0.5) is 0 Å². The molecule has 4 aliphatic carbocycles. The van der Waals surface area contributed by atoms with Crippen LogP contribution in [-0.2, 0) is 4.74 Å². The second-order valence-electron chi connectivity index (χ2n) is 6.49. The monoisotopic (exact) mass is 220 g/mol. The average molecular weight is 220 g/mol. The van der Waals surface area contributed by atoms with Crippen molar-refractivity contribution in [1.82, 2.24) is 4.90 Å². The van der Waals surface area contributed by atoms with Gasteiger partial charge in [0.15, 0.2) is 0 Å². The smallest absolute Gasteiger partial charge is 0.0594 e. The van der Waals surface area contributed by atoms with E-state index in [0.717, 1.165) is 31.0 Å². The summed E-state index contributed by atoms with van der Waals surface area (Å²) in [6, 6.07) is 0. The maximum Gasteiger partial charge on any atom is 0.0594 e. The third-order valence-corrected chi connectivity index (χ3v) is 5.45. The fourth-order valence-electron chi connectivity index (χ4n) is 5.15. The van der Waals surface area contributed by atoms with Gasteiger partial charge in [0.25, 0.3) is 0 Å². The molecule has 0 spiro atoms. The van der Waals surface area contributed by atoms with Crippen LogP contribution in [0.2, 0.25) is 0 Å². The van der Waals surface area contributed by atoms with Gasteiger partial charge in [-0.2, -0.15) is 0 Å². The van der Waals surface area contributed by atoms with Crippen LogP contribution in [0.3, 0.4) is 0 Å². The van der Waals surface area contributed by atoms with E-state index < -0.39 is 0 Å². The highest BCUT2D eigenvalue weighted by atomic mass is 16.5. The second kappa shape index (κ2) is 3.46. The Kier molecular flexibility index (Phi) is 2.14. The summed E-state index contributed by atoms with van der Waals surface area (Å²) in [7, 11) is 0. The van der Waals surface area contributed by atoms with Gasteiger partial charge in [-0.25, -0.2) is 0 Å². The van der Waals surface area contributed by atoms with Crippen LogP contribution in [0.1, 0.15) is 32.1 Å². The number of hydrogen-bond acceptors (Lipinski definition) is 2. The standard InChI is InChI=1S/C14H22NO/c1-3-16-4-2-15(1)14-8-11-5-12(9-14)7-13(6-11)10-14/h5,11-13H,1-4,6-10H2/t11-,12+,13?,14?. The summed E-state index contributed by atoms with van der Waals surface area (Å²) in [5, 5.41) is 0. The van der Waals surface area contributed by atoms with Crippen molar-refractivity contribution in [2.45, 2.75) is 37.6 Å². The van der Waals surface area contributed by atoms with Gasteiger partial charge in [-0.1, -0.05) is 0 Å². The molecular weight excluding hydrogens is 198 g/mol. The number of rotatable bonds is 1. The third kappa shape index (κ3) is 1.39. The maximum absolute atomic E-state index is 5.51. The molecule has 1 aliphatic heterocycles. The Balaban J connectivity index is 1.60. The molecule has 2 nitrogen and oxygen atoms in total. The number of morpholine rings is 1. The summed E-state index contributed by atoms with van der Waals surface area (Å²) in [6.45, 7) is 4.30. The molecule has 4 bridgehead atoms. The first-order valence-corrected chi connectivity index (χ1v) is 7.02. The molecule has 0 amide bonds. The molecule has 16 heavy (non-hydrogen) atoms. The second-order valence-corrected chi connectivity index (χ2v) is 6.49. The van der Waals surface area contributed by atoms with E-state index in [-0.39, 0.29) is 0 Å². The minimum absolute atomic E-state index is 0.592. The van der Waals surface area contributed by atoms with Gasteiger partial charge in [0, 0.05) is 18.6 Å². The third-order valence-electron chi connectivity index (χ3n) is 5.45. The van der Waals surface area contributed by atoms with Crippen molar-refractivity contribution >= 4 is 0 Å². The molecule has 1 saturated heterocycles. The van der Waals surface area contributed by atoms with Crippen molar-refractivity contribution in [1.29, 1.82) is 0 Å². The normalized spacial score (nSPS) is 52.1. The first kappa shape index (κ1) is 9.90. The van der Waals surface area contributed by atoms with Crippen LogP contribution in [0.15, 0.2) is 0 Å². The van der Waals surface area contributed by atoms with Crippen molar-refractivity contribution in [3.63, 3.8) is 0 Å².